The van der Waals surface area contributed by atoms with Gasteiger partial charge in [0.15, 0.2) is 11.5 Å². The van der Waals surface area contributed by atoms with E-state index in [1.54, 1.807) is 6.20 Å². The molecule has 6 heteroatoms. The van der Waals surface area contributed by atoms with Crippen LogP contribution in [0.25, 0.3) is 38.7 Å². The maximum Gasteiger partial charge on any atom is 0.169 e. The summed E-state index contributed by atoms with van der Waals surface area (Å²) in [6.45, 7) is 2.10. The summed E-state index contributed by atoms with van der Waals surface area (Å²) >= 11 is 0. The first-order chi connectivity index (χ1) is 21.7. The van der Waals surface area contributed by atoms with E-state index in [4.69, 9.17) is 9.84 Å². The molecule has 44 heavy (non-hydrogen) atoms. The van der Waals surface area contributed by atoms with Gasteiger partial charge in [0.25, 0.3) is 0 Å². The summed E-state index contributed by atoms with van der Waals surface area (Å²) in [6.07, 6.45) is 1.81. The molecule has 0 saturated heterocycles. The molecule has 0 aliphatic rings. The fourth-order valence-electron chi connectivity index (χ4n) is 5.89. The molecular formula is C38H27N5O. The summed E-state index contributed by atoms with van der Waals surface area (Å²) < 4.78 is 8.68. The Balaban J connectivity index is 1.24. The van der Waals surface area contributed by atoms with Crippen LogP contribution < -0.4 is 9.64 Å². The van der Waals surface area contributed by atoms with Crippen molar-refractivity contribution in [1.82, 2.24) is 19.6 Å². The number of ether oxygens (including phenoxy) is 1. The largest absolute Gasteiger partial charge is 0.457 e. The molecule has 210 valence electrons. The number of rotatable bonds is 6. The zero-order chi connectivity index (χ0) is 29.5. The van der Waals surface area contributed by atoms with Crippen molar-refractivity contribution in [2.75, 3.05) is 4.90 Å². The van der Waals surface area contributed by atoms with E-state index < -0.39 is 0 Å². The Hall–Kier alpha value is -6.01. The van der Waals surface area contributed by atoms with E-state index in [1.165, 1.54) is 0 Å². The van der Waals surface area contributed by atoms with Crippen LogP contribution in [0.3, 0.4) is 0 Å². The van der Waals surface area contributed by atoms with Crippen LogP contribution in [0.15, 0.2) is 146 Å². The van der Waals surface area contributed by atoms with Crippen LogP contribution in [0.5, 0.6) is 11.5 Å². The SMILES string of the molecule is Cc1ccccc1-c1nnc2c3cc(Oc4cccc(N(c5ccccc5)c5ccccn5)c4)ccc3c3ccccc3n12. The molecule has 8 aromatic rings. The number of hydrogen-bond acceptors (Lipinski definition) is 5. The Labute approximate surface area is 254 Å². The molecule has 0 N–H and O–H groups in total. The van der Waals surface area contributed by atoms with Gasteiger partial charge >= 0.3 is 0 Å². The third-order valence-corrected chi connectivity index (χ3v) is 7.92. The average Bonchev–Trinajstić information content (AvgIpc) is 3.52. The smallest absolute Gasteiger partial charge is 0.169 e. The highest BCUT2D eigenvalue weighted by molar-refractivity contribution is 6.12. The molecule has 6 nitrogen and oxygen atoms in total. The Bertz CT molecular complexity index is 2240. The predicted octanol–water partition coefficient (Wildman–Crippen LogP) is 9.67. The fraction of sp³-hybridized carbons (Fsp3) is 0.0263. The third kappa shape index (κ3) is 4.41. The molecule has 0 spiro atoms. The number of hydrogen-bond donors (Lipinski definition) is 0. The summed E-state index contributed by atoms with van der Waals surface area (Å²) in [6, 6.07) is 47.1. The summed E-state index contributed by atoms with van der Waals surface area (Å²) in [5.41, 5.74) is 6.03. The van der Waals surface area contributed by atoms with Gasteiger partial charge in [-0.2, -0.15) is 0 Å². The fourth-order valence-corrected chi connectivity index (χ4v) is 5.89. The molecule has 0 bridgehead atoms. The number of pyridine rings is 2. The van der Waals surface area contributed by atoms with E-state index in [9.17, 15) is 0 Å². The molecule has 0 aliphatic heterocycles. The maximum absolute atomic E-state index is 6.52. The lowest BCUT2D eigenvalue weighted by Gasteiger charge is -2.24. The standard InChI is InChI=1S/C38H27N5O/c1-26-12-5-6-17-31(26)37-40-41-38-34-25-30(21-22-32(34)33-18-7-8-19-35(33)43(37)38)44-29-16-11-15-28(24-29)42(27-13-3-2-4-14-27)36-20-9-10-23-39-36/h2-25H,1H3. The Morgan fingerprint density at radius 2 is 1.36 bits per heavy atom. The van der Waals surface area contributed by atoms with Crippen molar-refractivity contribution in [2.45, 2.75) is 6.92 Å². The van der Waals surface area contributed by atoms with Gasteiger partial charge in [-0.1, -0.05) is 72.8 Å². The molecular weight excluding hydrogens is 542 g/mol. The van der Waals surface area contributed by atoms with E-state index in [0.717, 1.165) is 73.0 Å². The first-order valence-corrected chi connectivity index (χ1v) is 14.5. The first kappa shape index (κ1) is 25.7. The number of para-hydroxylation sites is 2. The molecule has 0 fully saturated rings. The van der Waals surface area contributed by atoms with E-state index in [-0.39, 0.29) is 0 Å². The van der Waals surface area contributed by atoms with Crippen LogP contribution in [-0.4, -0.2) is 19.6 Å². The predicted molar refractivity (Wildman–Crippen MR) is 177 cm³/mol. The molecule has 3 aromatic heterocycles. The number of aromatic nitrogens is 4. The summed E-state index contributed by atoms with van der Waals surface area (Å²) in [4.78, 5) is 6.75. The van der Waals surface area contributed by atoms with Gasteiger partial charge in [0.2, 0.25) is 0 Å². The summed E-state index contributed by atoms with van der Waals surface area (Å²) in [7, 11) is 0. The van der Waals surface area contributed by atoms with Crippen LogP contribution in [0.1, 0.15) is 5.56 Å². The number of aryl methyl sites for hydroxylation is 1. The van der Waals surface area contributed by atoms with Gasteiger partial charge in [-0.05, 0) is 78.5 Å². The molecule has 0 aliphatic carbocycles. The average molecular weight is 570 g/mol. The molecule has 0 radical (unpaired) electrons. The van der Waals surface area contributed by atoms with Crippen molar-refractivity contribution in [3.05, 3.63) is 151 Å². The molecule has 8 rings (SSSR count). The molecule has 3 heterocycles. The van der Waals surface area contributed by atoms with Gasteiger partial charge < -0.3 is 4.74 Å². The van der Waals surface area contributed by atoms with E-state index in [1.807, 2.05) is 72.8 Å². The molecule has 0 atom stereocenters. The minimum Gasteiger partial charge on any atom is -0.457 e. The zero-order valence-electron chi connectivity index (χ0n) is 24.0. The lowest BCUT2D eigenvalue weighted by Crippen LogP contribution is -2.11. The third-order valence-electron chi connectivity index (χ3n) is 7.92. The Morgan fingerprint density at radius 1 is 0.591 bits per heavy atom. The van der Waals surface area contributed by atoms with Gasteiger partial charge in [-0.3, -0.25) is 9.30 Å². The lowest BCUT2D eigenvalue weighted by atomic mass is 10.0. The monoisotopic (exact) mass is 569 g/mol. The molecule has 5 aromatic carbocycles. The van der Waals surface area contributed by atoms with Crippen molar-refractivity contribution in [2.24, 2.45) is 0 Å². The number of fused-ring (bicyclic) bond motifs is 6. The van der Waals surface area contributed by atoms with Crippen molar-refractivity contribution < 1.29 is 4.74 Å². The quantitative estimate of drug-likeness (QED) is 0.187. The highest BCUT2D eigenvalue weighted by Crippen LogP contribution is 2.38. The van der Waals surface area contributed by atoms with Crippen molar-refractivity contribution >= 4 is 44.5 Å². The van der Waals surface area contributed by atoms with Crippen LogP contribution in [0.2, 0.25) is 0 Å². The summed E-state index contributed by atoms with van der Waals surface area (Å²) in [5, 5.41) is 12.6. The van der Waals surface area contributed by atoms with Crippen LogP contribution in [-0.2, 0) is 0 Å². The van der Waals surface area contributed by atoms with Gasteiger partial charge in [-0.15, -0.1) is 10.2 Å². The molecule has 0 unspecified atom stereocenters. The highest BCUT2D eigenvalue weighted by atomic mass is 16.5. The number of nitrogens with zero attached hydrogens (tertiary/aromatic N) is 5. The normalized spacial score (nSPS) is 11.3. The molecule has 0 amide bonds. The second-order valence-corrected chi connectivity index (χ2v) is 10.7. The summed E-state index contributed by atoms with van der Waals surface area (Å²) in [5.74, 6) is 3.09. The molecule has 0 saturated carbocycles. The highest BCUT2D eigenvalue weighted by Gasteiger charge is 2.18. The van der Waals surface area contributed by atoms with E-state index >= 15 is 0 Å². The van der Waals surface area contributed by atoms with Gasteiger partial charge in [0, 0.05) is 34.3 Å². The van der Waals surface area contributed by atoms with Crippen molar-refractivity contribution in [1.29, 1.82) is 0 Å². The first-order valence-electron chi connectivity index (χ1n) is 14.5. The number of benzene rings is 5. The zero-order valence-corrected chi connectivity index (χ0v) is 24.0. The van der Waals surface area contributed by atoms with Gasteiger partial charge in [-0.25, -0.2) is 4.98 Å². The minimum absolute atomic E-state index is 0.719. The topological polar surface area (TPSA) is 55.6 Å². The van der Waals surface area contributed by atoms with E-state index in [2.05, 4.69) is 93.0 Å². The second kappa shape index (κ2) is 10.7. The second-order valence-electron chi connectivity index (χ2n) is 10.7. The lowest BCUT2D eigenvalue weighted by molar-refractivity contribution is 0.483. The van der Waals surface area contributed by atoms with Crippen LogP contribution in [0.4, 0.5) is 17.2 Å². The van der Waals surface area contributed by atoms with Crippen LogP contribution >= 0.6 is 0 Å². The number of anilines is 3. The van der Waals surface area contributed by atoms with Gasteiger partial charge in [0.05, 0.1) is 11.2 Å². The minimum atomic E-state index is 0.719. The Morgan fingerprint density at radius 3 is 2.23 bits per heavy atom. The Kier molecular flexibility index (Phi) is 6.23. The van der Waals surface area contributed by atoms with Gasteiger partial charge in [0.1, 0.15) is 17.3 Å². The van der Waals surface area contributed by atoms with Crippen molar-refractivity contribution in [3.8, 4) is 22.9 Å². The van der Waals surface area contributed by atoms with E-state index in [0.29, 0.717) is 0 Å². The maximum atomic E-state index is 6.52. The van der Waals surface area contributed by atoms with Crippen LogP contribution in [0, 0.1) is 6.92 Å². The van der Waals surface area contributed by atoms with Crippen molar-refractivity contribution in [3.63, 3.8) is 0 Å².